The summed E-state index contributed by atoms with van der Waals surface area (Å²) in [5.41, 5.74) is 0. The second-order valence-electron chi connectivity index (χ2n) is 5.30. The molecule has 0 aromatic carbocycles. The summed E-state index contributed by atoms with van der Waals surface area (Å²) < 4.78 is 5.25. The molecular formula is C14H21N3O2S. The van der Waals surface area contributed by atoms with Crippen LogP contribution in [0.4, 0.5) is 0 Å². The summed E-state index contributed by atoms with van der Waals surface area (Å²) in [4.78, 5) is 17.8. The number of likely N-dealkylation sites (tertiary alicyclic amines) is 1. The summed E-state index contributed by atoms with van der Waals surface area (Å²) in [7, 11) is 1.62. The molecule has 1 aromatic rings. The van der Waals surface area contributed by atoms with E-state index >= 15 is 0 Å². The number of rotatable bonds is 3. The third kappa shape index (κ3) is 2.68. The van der Waals surface area contributed by atoms with Crippen LogP contribution in [0.5, 0.6) is 5.75 Å². The fourth-order valence-corrected chi connectivity index (χ4v) is 3.85. The molecule has 6 heteroatoms. The molecule has 20 heavy (non-hydrogen) atoms. The van der Waals surface area contributed by atoms with Gasteiger partial charge >= 0.3 is 0 Å². The fraction of sp³-hybridized carbons (Fsp3) is 0.643. The van der Waals surface area contributed by atoms with Crippen LogP contribution in [-0.2, 0) is 0 Å². The molecule has 3 rings (SSSR count). The Morgan fingerprint density at radius 3 is 2.95 bits per heavy atom. The lowest BCUT2D eigenvalue weighted by molar-refractivity contribution is 0.0775. The molecule has 2 aliphatic heterocycles. The van der Waals surface area contributed by atoms with Gasteiger partial charge < -0.3 is 15.0 Å². The van der Waals surface area contributed by atoms with Crippen molar-refractivity contribution in [1.29, 1.82) is 0 Å². The van der Waals surface area contributed by atoms with Crippen LogP contribution < -0.4 is 10.1 Å². The summed E-state index contributed by atoms with van der Waals surface area (Å²) in [5.74, 6) is 0.820. The van der Waals surface area contributed by atoms with Gasteiger partial charge in [0.1, 0.15) is 10.6 Å². The lowest BCUT2D eigenvalue weighted by Gasteiger charge is -2.32. The Balaban J connectivity index is 1.63. The predicted molar refractivity (Wildman–Crippen MR) is 79.6 cm³/mol. The summed E-state index contributed by atoms with van der Waals surface area (Å²) in [5, 5.41) is 5.29. The number of amides is 1. The summed E-state index contributed by atoms with van der Waals surface area (Å²) in [6, 6.07) is 2.38. The van der Waals surface area contributed by atoms with E-state index in [2.05, 4.69) is 10.2 Å². The SMILES string of the molecule is COc1ccsc1C(=O)N1CCC(N2CCNCC2)C1. The largest absolute Gasteiger partial charge is 0.495 e. The third-order valence-corrected chi connectivity index (χ3v) is 5.05. The standard InChI is InChI=1S/C14H21N3O2S/c1-19-12-3-9-20-13(12)14(18)17-6-2-11(10-17)16-7-4-15-5-8-16/h3,9,11,15H,2,4-8,10H2,1H3. The van der Waals surface area contributed by atoms with Crippen LogP contribution in [-0.4, -0.2) is 68.1 Å². The number of thiophene rings is 1. The average molecular weight is 295 g/mol. The Morgan fingerprint density at radius 2 is 2.20 bits per heavy atom. The highest BCUT2D eigenvalue weighted by Crippen LogP contribution is 2.28. The maximum Gasteiger partial charge on any atom is 0.267 e. The number of methoxy groups -OCH3 is 1. The van der Waals surface area contributed by atoms with Crippen molar-refractivity contribution in [3.05, 3.63) is 16.3 Å². The number of nitrogens with zero attached hydrogens (tertiary/aromatic N) is 2. The van der Waals surface area contributed by atoms with Gasteiger partial charge in [-0.15, -0.1) is 11.3 Å². The number of piperazine rings is 1. The number of ether oxygens (including phenoxy) is 1. The van der Waals surface area contributed by atoms with E-state index in [1.807, 2.05) is 16.3 Å². The zero-order valence-corrected chi connectivity index (χ0v) is 12.6. The van der Waals surface area contributed by atoms with Crippen molar-refractivity contribution < 1.29 is 9.53 Å². The van der Waals surface area contributed by atoms with Crippen LogP contribution in [0, 0.1) is 0 Å². The number of hydrogen-bond donors (Lipinski definition) is 1. The molecular weight excluding hydrogens is 274 g/mol. The van der Waals surface area contributed by atoms with Crippen molar-refractivity contribution in [3.63, 3.8) is 0 Å². The van der Waals surface area contributed by atoms with Crippen LogP contribution in [0.3, 0.4) is 0 Å². The van der Waals surface area contributed by atoms with Gasteiger partial charge in [0.15, 0.2) is 0 Å². The van der Waals surface area contributed by atoms with Crippen LogP contribution in [0.25, 0.3) is 0 Å². The molecule has 0 saturated carbocycles. The van der Waals surface area contributed by atoms with Gasteiger partial charge in [0.05, 0.1) is 7.11 Å². The minimum Gasteiger partial charge on any atom is -0.495 e. The molecule has 2 aliphatic rings. The molecule has 5 nitrogen and oxygen atoms in total. The van der Waals surface area contributed by atoms with Crippen molar-refractivity contribution in [1.82, 2.24) is 15.1 Å². The zero-order chi connectivity index (χ0) is 13.9. The molecule has 1 atom stereocenters. The third-order valence-electron chi connectivity index (χ3n) is 4.16. The Hall–Kier alpha value is -1.11. The van der Waals surface area contributed by atoms with E-state index < -0.39 is 0 Å². The predicted octanol–water partition coefficient (Wildman–Crippen LogP) is 0.876. The van der Waals surface area contributed by atoms with Crippen molar-refractivity contribution >= 4 is 17.2 Å². The Bertz CT molecular complexity index is 471. The van der Waals surface area contributed by atoms with Crippen LogP contribution in [0.1, 0.15) is 16.1 Å². The molecule has 1 unspecified atom stereocenters. The van der Waals surface area contributed by atoms with Crippen LogP contribution in [0.15, 0.2) is 11.4 Å². The monoisotopic (exact) mass is 295 g/mol. The van der Waals surface area contributed by atoms with Crippen LogP contribution in [0.2, 0.25) is 0 Å². The Morgan fingerprint density at radius 1 is 1.40 bits per heavy atom. The van der Waals surface area contributed by atoms with E-state index in [-0.39, 0.29) is 5.91 Å². The van der Waals surface area contributed by atoms with E-state index in [9.17, 15) is 4.79 Å². The summed E-state index contributed by atoms with van der Waals surface area (Å²) >= 11 is 1.47. The van der Waals surface area contributed by atoms with E-state index in [0.29, 0.717) is 11.8 Å². The van der Waals surface area contributed by atoms with Crippen molar-refractivity contribution in [3.8, 4) is 5.75 Å². The number of carbonyl (C=O) groups is 1. The maximum atomic E-state index is 12.5. The molecule has 0 aliphatic carbocycles. The van der Waals surface area contributed by atoms with E-state index in [1.165, 1.54) is 11.3 Å². The zero-order valence-electron chi connectivity index (χ0n) is 11.8. The molecule has 1 amide bonds. The molecule has 2 saturated heterocycles. The molecule has 0 radical (unpaired) electrons. The Kier molecular flexibility index (Phi) is 4.24. The first kappa shape index (κ1) is 13.9. The summed E-state index contributed by atoms with van der Waals surface area (Å²) in [6.07, 6.45) is 1.08. The molecule has 3 heterocycles. The van der Waals surface area contributed by atoms with Gasteiger partial charge in [0.2, 0.25) is 0 Å². The molecule has 0 bridgehead atoms. The van der Waals surface area contributed by atoms with Crippen molar-refractivity contribution in [2.75, 3.05) is 46.4 Å². The van der Waals surface area contributed by atoms with Gasteiger partial charge in [0, 0.05) is 45.3 Å². The van der Waals surface area contributed by atoms with Crippen LogP contribution >= 0.6 is 11.3 Å². The first-order valence-electron chi connectivity index (χ1n) is 7.15. The van der Waals surface area contributed by atoms with Crippen molar-refractivity contribution in [2.24, 2.45) is 0 Å². The van der Waals surface area contributed by atoms with Crippen molar-refractivity contribution in [2.45, 2.75) is 12.5 Å². The second-order valence-corrected chi connectivity index (χ2v) is 6.21. The normalized spacial score (nSPS) is 24.1. The minimum absolute atomic E-state index is 0.120. The quantitative estimate of drug-likeness (QED) is 0.899. The van der Waals surface area contributed by atoms with E-state index in [4.69, 9.17) is 4.74 Å². The minimum atomic E-state index is 0.120. The molecule has 1 aromatic heterocycles. The fourth-order valence-electron chi connectivity index (χ4n) is 3.03. The van der Waals surface area contributed by atoms with Gasteiger partial charge in [0.25, 0.3) is 5.91 Å². The van der Waals surface area contributed by atoms with E-state index in [0.717, 1.165) is 50.6 Å². The lowest BCUT2D eigenvalue weighted by atomic mass is 10.2. The topological polar surface area (TPSA) is 44.8 Å². The second kappa shape index (κ2) is 6.11. The summed E-state index contributed by atoms with van der Waals surface area (Å²) in [6.45, 7) is 6.00. The number of nitrogens with one attached hydrogen (secondary N) is 1. The molecule has 1 N–H and O–H groups in total. The van der Waals surface area contributed by atoms with Gasteiger partial charge in [-0.05, 0) is 17.9 Å². The van der Waals surface area contributed by atoms with Gasteiger partial charge in [-0.2, -0.15) is 0 Å². The smallest absolute Gasteiger partial charge is 0.267 e. The first-order valence-corrected chi connectivity index (χ1v) is 8.03. The lowest BCUT2D eigenvalue weighted by Crippen LogP contribution is -2.49. The number of carbonyl (C=O) groups excluding carboxylic acids is 1. The maximum absolute atomic E-state index is 12.5. The highest BCUT2D eigenvalue weighted by Gasteiger charge is 2.32. The van der Waals surface area contributed by atoms with E-state index in [1.54, 1.807) is 7.11 Å². The molecule has 110 valence electrons. The highest BCUT2D eigenvalue weighted by atomic mass is 32.1. The Labute approximate surface area is 123 Å². The molecule has 2 fully saturated rings. The average Bonchev–Trinajstić information content (AvgIpc) is 3.16. The number of hydrogen-bond acceptors (Lipinski definition) is 5. The first-order chi connectivity index (χ1) is 9.79. The molecule has 0 spiro atoms. The highest BCUT2D eigenvalue weighted by molar-refractivity contribution is 7.12. The van der Waals surface area contributed by atoms with Gasteiger partial charge in [-0.25, -0.2) is 0 Å². The van der Waals surface area contributed by atoms with Gasteiger partial charge in [-0.1, -0.05) is 0 Å². The van der Waals surface area contributed by atoms with Gasteiger partial charge in [-0.3, -0.25) is 9.69 Å².